The number of benzene rings is 3. The number of rotatable bonds is 7. The Morgan fingerprint density at radius 3 is 2.53 bits per heavy atom. The molecule has 6 nitrogen and oxygen atoms in total. The molecule has 32 heavy (non-hydrogen) atoms. The monoisotopic (exact) mass is 510 g/mol. The Kier molecular flexibility index (Phi) is 6.78. The maximum Gasteiger partial charge on any atom is 0.222 e. The van der Waals surface area contributed by atoms with E-state index >= 15 is 0 Å². The van der Waals surface area contributed by atoms with Gasteiger partial charge in [0.1, 0.15) is 23.9 Å². The van der Waals surface area contributed by atoms with Crippen molar-refractivity contribution in [2.45, 2.75) is 6.61 Å². The number of methoxy groups -OCH3 is 1. The number of nitrogens with two attached hydrogens (primary N) is 1. The molecule has 4 aromatic rings. The fourth-order valence-corrected chi connectivity index (χ4v) is 3.64. The third-order valence-corrected chi connectivity index (χ3v) is 5.40. The quantitative estimate of drug-likeness (QED) is 0.296. The van der Waals surface area contributed by atoms with Gasteiger partial charge in [0.25, 0.3) is 0 Å². The Morgan fingerprint density at radius 2 is 1.75 bits per heavy atom. The van der Waals surface area contributed by atoms with Gasteiger partial charge >= 0.3 is 0 Å². The summed E-state index contributed by atoms with van der Waals surface area (Å²) < 4.78 is 12.5. The first-order valence-corrected chi connectivity index (χ1v) is 10.9. The van der Waals surface area contributed by atoms with E-state index in [1.54, 1.807) is 19.2 Å². The Balaban J connectivity index is 1.65. The normalized spacial score (nSPS) is 10.6. The molecule has 0 aliphatic carbocycles. The molecule has 0 radical (unpaired) electrons. The minimum absolute atomic E-state index is 0.148. The molecule has 0 fully saturated rings. The number of nitrogens with one attached hydrogen (secondary N) is 1. The van der Waals surface area contributed by atoms with Crippen molar-refractivity contribution in [3.05, 3.63) is 87.9 Å². The number of halogens is 2. The number of para-hydroxylation sites is 1. The van der Waals surface area contributed by atoms with E-state index in [0.29, 0.717) is 28.9 Å². The van der Waals surface area contributed by atoms with Gasteiger partial charge in [-0.2, -0.15) is 4.98 Å². The maximum atomic E-state index is 6.15. The zero-order valence-corrected chi connectivity index (χ0v) is 19.5. The maximum absolute atomic E-state index is 6.15. The summed E-state index contributed by atoms with van der Waals surface area (Å²) in [7, 11) is 1.64. The van der Waals surface area contributed by atoms with Crippen LogP contribution in [0, 0.1) is 0 Å². The van der Waals surface area contributed by atoms with E-state index in [4.69, 9.17) is 26.8 Å². The smallest absolute Gasteiger partial charge is 0.222 e. The first kappa shape index (κ1) is 21.9. The number of nitrogen functional groups attached to an aromatic ring is 1. The molecule has 0 saturated heterocycles. The van der Waals surface area contributed by atoms with Crippen molar-refractivity contribution in [2.24, 2.45) is 0 Å². The molecule has 8 heteroatoms. The molecule has 0 aliphatic heterocycles. The lowest BCUT2D eigenvalue weighted by molar-refractivity contribution is 0.298. The van der Waals surface area contributed by atoms with Crippen molar-refractivity contribution >= 4 is 45.0 Å². The minimum Gasteiger partial charge on any atom is -0.496 e. The van der Waals surface area contributed by atoms with Gasteiger partial charge in [0.05, 0.1) is 12.8 Å². The number of nitrogens with zero attached hydrogens (tertiary/aromatic N) is 2. The molecule has 4 rings (SSSR count). The van der Waals surface area contributed by atoms with E-state index < -0.39 is 0 Å². The predicted molar refractivity (Wildman–Crippen MR) is 132 cm³/mol. The Labute approximate surface area is 199 Å². The second-order valence-corrected chi connectivity index (χ2v) is 8.22. The van der Waals surface area contributed by atoms with Crippen LogP contribution in [-0.2, 0) is 6.61 Å². The van der Waals surface area contributed by atoms with Crippen LogP contribution in [0.5, 0.6) is 11.5 Å². The second kappa shape index (κ2) is 9.89. The fourth-order valence-electron chi connectivity index (χ4n) is 3.15. The first-order chi connectivity index (χ1) is 15.5. The van der Waals surface area contributed by atoms with Crippen LogP contribution in [0.3, 0.4) is 0 Å². The third-order valence-electron chi connectivity index (χ3n) is 4.65. The topological polar surface area (TPSA) is 82.3 Å². The number of ether oxygens (including phenoxy) is 2. The van der Waals surface area contributed by atoms with Crippen LogP contribution in [0.1, 0.15) is 5.56 Å². The number of hydrogen-bond donors (Lipinski definition) is 2. The summed E-state index contributed by atoms with van der Waals surface area (Å²) in [6.45, 7) is 0.342. The van der Waals surface area contributed by atoms with Crippen LogP contribution >= 0.6 is 27.5 Å². The molecule has 0 amide bonds. The van der Waals surface area contributed by atoms with Gasteiger partial charge < -0.3 is 20.5 Å². The van der Waals surface area contributed by atoms with Gasteiger partial charge in [0.15, 0.2) is 0 Å². The highest BCUT2D eigenvalue weighted by Crippen LogP contribution is 2.34. The Bertz CT molecular complexity index is 1240. The lowest BCUT2D eigenvalue weighted by Crippen LogP contribution is -2.03. The van der Waals surface area contributed by atoms with Crippen LogP contribution in [0.15, 0.2) is 77.3 Å². The van der Waals surface area contributed by atoms with Crippen molar-refractivity contribution in [3.63, 3.8) is 0 Å². The largest absolute Gasteiger partial charge is 0.496 e. The summed E-state index contributed by atoms with van der Waals surface area (Å²) >= 11 is 9.50. The van der Waals surface area contributed by atoms with E-state index in [0.717, 1.165) is 27.0 Å². The Hall–Kier alpha value is -3.29. The van der Waals surface area contributed by atoms with Gasteiger partial charge in [-0.3, -0.25) is 0 Å². The van der Waals surface area contributed by atoms with Crippen molar-refractivity contribution in [1.29, 1.82) is 0 Å². The van der Waals surface area contributed by atoms with Crippen molar-refractivity contribution in [3.8, 4) is 22.8 Å². The van der Waals surface area contributed by atoms with Crippen LogP contribution < -0.4 is 20.5 Å². The van der Waals surface area contributed by atoms with Crippen LogP contribution in [0.4, 0.5) is 17.5 Å². The highest BCUT2D eigenvalue weighted by atomic mass is 79.9. The van der Waals surface area contributed by atoms with Crippen molar-refractivity contribution in [2.75, 3.05) is 18.2 Å². The number of hydrogen-bond acceptors (Lipinski definition) is 6. The molecule has 0 saturated carbocycles. The van der Waals surface area contributed by atoms with Crippen LogP contribution in [0.2, 0.25) is 5.02 Å². The summed E-state index contributed by atoms with van der Waals surface area (Å²) in [4.78, 5) is 8.73. The Morgan fingerprint density at radius 1 is 0.969 bits per heavy atom. The van der Waals surface area contributed by atoms with Gasteiger partial charge in [-0.1, -0.05) is 45.7 Å². The fraction of sp³-hybridized carbons (Fsp3) is 0.0833. The van der Waals surface area contributed by atoms with E-state index in [2.05, 4.69) is 31.2 Å². The van der Waals surface area contributed by atoms with Crippen molar-refractivity contribution < 1.29 is 9.47 Å². The molecule has 0 atom stereocenters. The lowest BCUT2D eigenvalue weighted by atomic mass is 10.1. The van der Waals surface area contributed by atoms with Gasteiger partial charge in [0.2, 0.25) is 5.95 Å². The number of anilines is 3. The summed E-state index contributed by atoms with van der Waals surface area (Å²) in [5.41, 5.74) is 9.20. The van der Waals surface area contributed by atoms with E-state index in [9.17, 15) is 0 Å². The lowest BCUT2D eigenvalue weighted by Gasteiger charge is -2.15. The predicted octanol–water partition coefficient (Wildman–Crippen LogP) is 6.47. The second-order valence-electron chi connectivity index (χ2n) is 6.87. The highest BCUT2D eigenvalue weighted by molar-refractivity contribution is 9.10. The van der Waals surface area contributed by atoms with E-state index in [1.807, 2.05) is 60.7 Å². The van der Waals surface area contributed by atoms with E-state index in [1.165, 1.54) is 0 Å². The third kappa shape index (κ3) is 5.30. The summed E-state index contributed by atoms with van der Waals surface area (Å²) in [5, 5.41) is 3.89. The van der Waals surface area contributed by atoms with Crippen molar-refractivity contribution in [1.82, 2.24) is 9.97 Å². The van der Waals surface area contributed by atoms with Gasteiger partial charge in [0, 0.05) is 32.4 Å². The summed E-state index contributed by atoms with van der Waals surface area (Å²) in [5.74, 6) is 2.14. The molecular weight excluding hydrogens is 492 g/mol. The highest BCUT2D eigenvalue weighted by Gasteiger charge is 2.13. The molecule has 0 spiro atoms. The van der Waals surface area contributed by atoms with E-state index in [-0.39, 0.29) is 5.95 Å². The standard InChI is InChI=1S/C24H20BrClN4O2/c1-31-21-5-3-2-4-15(21)14-32-22-11-6-16(25)12-19(22)20-13-23(30-24(27)29-20)28-18-9-7-17(26)8-10-18/h2-13H,14H2,1H3,(H3,27,28,29,30). The zero-order chi connectivity index (χ0) is 22.5. The molecule has 1 aromatic heterocycles. The molecule has 1 heterocycles. The summed E-state index contributed by atoms with van der Waals surface area (Å²) in [6.07, 6.45) is 0. The SMILES string of the molecule is COc1ccccc1COc1ccc(Br)cc1-c1cc(Nc2ccc(Cl)cc2)nc(N)n1. The number of aromatic nitrogens is 2. The molecular formula is C24H20BrClN4O2. The summed E-state index contributed by atoms with van der Waals surface area (Å²) in [6, 6.07) is 22.6. The average molecular weight is 512 g/mol. The molecule has 0 aliphatic rings. The first-order valence-electron chi connectivity index (χ1n) is 9.73. The van der Waals surface area contributed by atoms with Gasteiger partial charge in [-0.25, -0.2) is 4.98 Å². The molecule has 3 aromatic carbocycles. The molecule has 162 valence electrons. The minimum atomic E-state index is 0.148. The molecule has 0 bridgehead atoms. The molecule has 3 N–H and O–H groups in total. The van der Waals surface area contributed by atoms with Gasteiger partial charge in [-0.15, -0.1) is 0 Å². The van der Waals surface area contributed by atoms with Gasteiger partial charge in [-0.05, 0) is 48.5 Å². The zero-order valence-electron chi connectivity index (χ0n) is 17.2. The average Bonchev–Trinajstić information content (AvgIpc) is 2.79. The van der Waals surface area contributed by atoms with Crippen LogP contribution in [-0.4, -0.2) is 17.1 Å². The van der Waals surface area contributed by atoms with Crippen LogP contribution in [0.25, 0.3) is 11.3 Å². The molecule has 0 unspecified atom stereocenters.